The Morgan fingerprint density at radius 2 is 2.06 bits per heavy atom. The standard InChI is InChI=1S/C15H23NO2/c1-3-4-5-8-12(2)16-11-13-9-6-7-10-14(13)15(17)18/h6-7,9-10,12,16H,3-5,8,11H2,1-2H3,(H,17,18). The zero-order valence-corrected chi connectivity index (χ0v) is 11.3. The molecule has 0 aliphatic rings. The summed E-state index contributed by atoms with van der Waals surface area (Å²) in [5.74, 6) is -0.856. The molecule has 0 saturated heterocycles. The number of unbranched alkanes of at least 4 members (excludes halogenated alkanes) is 2. The predicted octanol–water partition coefficient (Wildman–Crippen LogP) is 3.44. The number of carboxylic acid groups (broad SMARTS) is 1. The van der Waals surface area contributed by atoms with Gasteiger partial charge in [0.2, 0.25) is 0 Å². The van der Waals surface area contributed by atoms with E-state index in [1.807, 2.05) is 12.1 Å². The maximum Gasteiger partial charge on any atom is 0.336 e. The number of rotatable bonds is 8. The molecule has 0 heterocycles. The predicted molar refractivity (Wildman–Crippen MR) is 73.8 cm³/mol. The lowest BCUT2D eigenvalue weighted by atomic mass is 10.1. The van der Waals surface area contributed by atoms with E-state index >= 15 is 0 Å². The molecule has 0 aromatic heterocycles. The molecule has 0 fully saturated rings. The van der Waals surface area contributed by atoms with Crippen LogP contribution in [0.2, 0.25) is 0 Å². The van der Waals surface area contributed by atoms with Crippen LogP contribution in [-0.4, -0.2) is 17.1 Å². The first kappa shape index (κ1) is 14.7. The average Bonchev–Trinajstić information content (AvgIpc) is 2.37. The Hall–Kier alpha value is -1.35. The van der Waals surface area contributed by atoms with Crippen LogP contribution in [-0.2, 0) is 6.54 Å². The number of nitrogens with one attached hydrogen (secondary N) is 1. The van der Waals surface area contributed by atoms with Crippen molar-refractivity contribution >= 4 is 5.97 Å². The molecule has 1 rings (SSSR count). The molecule has 0 aliphatic heterocycles. The van der Waals surface area contributed by atoms with Crippen molar-refractivity contribution in [3.63, 3.8) is 0 Å². The summed E-state index contributed by atoms with van der Waals surface area (Å²) in [6, 6.07) is 7.59. The van der Waals surface area contributed by atoms with E-state index in [-0.39, 0.29) is 0 Å². The lowest BCUT2D eigenvalue weighted by molar-refractivity contribution is 0.0695. The van der Waals surface area contributed by atoms with Crippen molar-refractivity contribution in [2.75, 3.05) is 0 Å². The van der Waals surface area contributed by atoms with Gasteiger partial charge in [-0.2, -0.15) is 0 Å². The second kappa shape index (κ2) is 7.88. The van der Waals surface area contributed by atoms with Gasteiger partial charge in [-0.05, 0) is 25.0 Å². The molecule has 0 amide bonds. The van der Waals surface area contributed by atoms with E-state index in [2.05, 4.69) is 19.2 Å². The molecule has 1 aromatic rings. The van der Waals surface area contributed by atoms with Gasteiger partial charge in [-0.3, -0.25) is 0 Å². The van der Waals surface area contributed by atoms with Crippen molar-refractivity contribution in [2.24, 2.45) is 0 Å². The molecular formula is C15H23NO2. The summed E-state index contributed by atoms with van der Waals surface area (Å²) in [6.07, 6.45) is 4.86. The number of hydrogen-bond donors (Lipinski definition) is 2. The van der Waals surface area contributed by atoms with Crippen molar-refractivity contribution in [1.29, 1.82) is 0 Å². The Bertz CT molecular complexity index is 377. The Labute approximate surface area is 109 Å². The molecule has 0 aliphatic carbocycles. The molecule has 1 unspecified atom stereocenters. The van der Waals surface area contributed by atoms with Crippen LogP contribution in [0.15, 0.2) is 24.3 Å². The van der Waals surface area contributed by atoms with Crippen LogP contribution in [0.4, 0.5) is 0 Å². The molecule has 0 bridgehead atoms. The highest BCUT2D eigenvalue weighted by atomic mass is 16.4. The summed E-state index contributed by atoms with van der Waals surface area (Å²) in [4.78, 5) is 11.0. The third kappa shape index (κ3) is 4.88. The number of aromatic carboxylic acids is 1. The summed E-state index contributed by atoms with van der Waals surface area (Å²) in [5.41, 5.74) is 1.25. The summed E-state index contributed by atoms with van der Waals surface area (Å²) in [7, 11) is 0. The highest BCUT2D eigenvalue weighted by Crippen LogP contribution is 2.10. The Morgan fingerprint density at radius 1 is 1.33 bits per heavy atom. The number of carbonyl (C=O) groups is 1. The van der Waals surface area contributed by atoms with E-state index in [1.165, 1.54) is 19.3 Å². The Balaban J connectivity index is 2.45. The van der Waals surface area contributed by atoms with Crippen LogP contribution >= 0.6 is 0 Å². The SMILES string of the molecule is CCCCCC(C)NCc1ccccc1C(=O)O. The van der Waals surface area contributed by atoms with Crippen molar-refractivity contribution in [3.8, 4) is 0 Å². The Morgan fingerprint density at radius 3 is 2.72 bits per heavy atom. The van der Waals surface area contributed by atoms with E-state index in [9.17, 15) is 4.79 Å². The van der Waals surface area contributed by atoms with Gasteiger partial charge in [0.1, 0.15) is 0 Å². The second-order valence-electron chi connectivity index (χ2n) is 4.74. The van der Waals surface area contributed by atoms with Crippen LogP contribution in [0.5, 0.6) is 0 Å². The molecular weight excluding hydrogens is 226 g/mol. The van der Waals surface area contributed by atoms with E-state index < -0.39 is 5.97 Å². The first-order chi connectivity index (χ1) is 8.65. The number of hydrogen-bond acceptors (Lipinski definition) is 2. The smallest absolute Gasteiger partial charge is 0.336 e. The van der Waals surface area contributed by atoms with Crippen LogP contribution in [0, 0.1) is 0 Å². The van der Waals surface area contributed by atoms with E-state index in [0.29, 0.717) is 18.2 Å². The molecule has 3 nitrogen and oxygen atoms in total. The number of carboxylic acids is 1. The minimum atomic E-state index is -0.856. The summed E-state index contributed by atoms with van der Waals surface area (Å²) < 4.78 is 0. The summed E-state index contributed by atoms with van der Waals surface area (Å²) in [6.45, 7) is 4.97. The van der Waals surface area contributed by atoms with Crippen LogP contribution in [0.25, 0.3) is 0 Å². The molecule has 3 heteroatoms. The fourth-order valence-electron chi connectivity index (χ4n) is 1.97. The normalized spacial score (nSPS) is 12.3. The summed E-state index contributed by atoms with van der Waals surface area (Å²) in [5, 5.41) is 12.5. The molecule has 0 spiro atoms. The average molecular weight is 249 g/mol. The van der Waals surface area contributed by atoms with E-state index in [4.69, 9.17) is 5.11 Å². The van der Waals surface area contributed by atoms with Gasteiger partial charge >= 0.3 is 5.97 Å². The van der Waals surface area contributed by atoms with Gasteiger partial charge in [-0.25, -0.2) is 4.79 Å². The molecule has 0 radical (unpaired) electrons. The highest BCUT2D eigenvalue weighted by molar-refractivity contribution is 5.89. The van der Waals surface area contributed by atoms with Crippen LogP contribution in [0.1, 0.15) is 55.5 Å². The topological polar surface area (TPSA) is 49.3 Å². The quantitative estimate of drug-likeness (QED) is 0.694. The zero-order chi connectivity index (χ0) is 13.4. The molecule has 1 atom stereocenters. The number of benzene rings is 1. The fourth-order valence-corrected chi connectivity index (χ4v) is 1.97. The third-order valence-electron chi connectivity index (χ3n) is 3.13. The van der Waals surface area contributed by atoms with Gasteiger partial charge in [0.15, 0.2) is 0 Å². The molecule has 1 aromatic carbocycles. The minimum Gasteiger partial charge on any atom is -0.478 e. The molecule has 100 valence electrons. The van der Waals surface area contributed by atoms with Crippen molar-refractivity contribution < 1.29 is 9.90 Å². The monoisotopic (exact) mass is 249 g/mol. The maximum atomic E-state index is 11.0. The lowest BCUT2D eigenvalue weighted by Gasteiger charge is -2.14. The van der Waals surface area contributed by atoms with Gasteiger partial charge in [0.25, 0.3) is 0 Å². The van der Waals surface area contributed by atoms with Crippen molar-refractivity contribution in [1.82, 2.24) is 5.32 Å². The largest absolute Gasteiger partial charge is 0.478 e. The van der Waals surface area contributed by atoms with Crippen LogP contribution < -0.4 is 5.32 Å². The van der Waals surface area contributed by atoms with Gasteiger partial charge in [0, 0.05) is 12.6 Å². The first-order valence-corrected chi connectivity index (χ1v) is 6.69. The first-order valence-electron chi connectivity index (χ1n) is 6.69. The van der Waals surface area contributed by atoms with Gasteiger partial charge in [-0.1, -0.05) is 44.4 Å². The van der Waals surface area contributed by atoms with Gasteiger partial charge < -0.3 is 10.4 Å². The summed E-state index contributed by atoms with van der Waals surface area (Å²) >= 11 is 0. The third-order valence-corrected chi connectivity index (χ3v) is 3.13. The minimum absolute atomic E-state index is 0.394. The lowest BCUT2D eigenvalue weighted by Crippen LogP contribution is -2.26. The molecule has 18 heavy (non-hydrogen) atoms. The fraction of sp³-hybridized carbons (Fsp3) is 0.533. The molecule has 0 saturated carbocycles. The van der Waals surface area contributed by atoms with Gasteiger partial charge in [0.05, 0.1) is 5.56 Å². The van der Waals surface area contributed by atoms with Crippen LogP contribution in [0.3, 0.4) is 0 Å². The second-order valence-corrected chi connectivity index (χ2v) is 4.74. The maximum absolute atomic E-state index is 11.0. The molecule has 2 N–H and O–H groups in total. The van der Waals surface area contributed by atoms with Gasteiger partial charge in [-0.15, -0.1) is 0 Å². The highest BCUT2D eigenvalue weighted by Gasteiger charge is 2.09. The Kier molecular flexibility index (Phi) is 6.44. The zero-order valence-electron chi connectivity index (χ0n) is 11.3. The van der Waals surface area contributed by atoms with Crippen molar-refractivity contribution in [2.45, 2.75) is 52.1 Å². The van der Waals surface area contributed by atoms with E-state index in [1.54, 1.807) is 12.1 Å². The van der Waals surface area contributed by atoms with Crippen molar-refractivity contribution in [3.05, 3.63) is 35.4 Å². The van der Waals surface area contributed by atoms with E-state index in [0.717, 1.165) is 12.0 Å².